The van der Waals surface area contributed by atoms with Gasteiger partial charge in [0.25, 0.3) is 5.56 Å². The van der Waals surface area contributed by atoms with Crippen molar-refractivity contribution in [1.29, 1.82) is 0 Å². The Morgan fingerprint density at radius 2 is 2.19 bits per heavy atom. The van der Waals surface area contributed by atoms with Crippen LogP contribution in [-0.2, 0) is 24.2 Å². The van der Waals surface area contributed by atoms with Crippen molar-refractivity contribution in [3.05, 3.63) is 32.7 Å². The minimum absolute atomic E-state index is 0.106. The van der Waals surface area contributed by atoms with Crippen LogP contribution in [0.1, 0.15) is 29.1 Å². The molecule has 8 heteroatoms. The zero-order chi connectivity index (χ0) is 14.8. The summed E-state index contributed by atoms with van der Waals surface area (Å²) in [6.07, 6.45) is 3.94. The van der Waals surface area contributed by atoms with E-state index >= 15 is 0 Å². The van der Waals surface area contributed by atoms with Gasteiger partial charge in [-0.05, 0) is 38.2 Å². The second-order valence-corrected chi connectivity index (χ2v) is 6.18. The number of anilines is 1. The van der Waals surface area contributed by atoms with Gasteiger partial charge in [0.15, 0.2) is 0 Å². The Morgan fingerprint density at radius 3 is 2.95 bits per heavy atom. The molecule has 1 N–H and O–H groups in total. The predicted molar refractivity (Wildman–Crippen MR) is 78.4 cm³/mol. The Bertz CT molecular complexity index is 736. The van der Waals surface area contributed by atoms with Crippen molar-refractivity contribution >= 4 is 22.4 Å². The summed E-state index contributed by atoms with van der Waals surface area (Å²) in [5.74, 6) is -0.323. The van der Waals surface area contributed by atoms with E-state index in [1.54, 1.807) is 6.07 Å². The average Bonchev–Trinajstić information content (AvgIpc) is 2.85. The molecule has 1 aliphatic rings. The molecule has 2 heterocycles. The highest BCUT2D eigenvalue weighted by atomic mass is 32.1. The molecule has 1 amide bonds. The van der Waals surface area contributed by atoms with Gasteiger partial charge >= 0.3 is 0 Å². The summed E-state index contributed by atoms with van der Waals surface area (Å²) in [5, 5.41) is 15.8. The number of carbonyl (C=O) groups excluding carboxylic acids is 1. The Balaban J connectivity index is 1.75. The number of aryl methyl sites for hydroxylation is 3. The number of amides is 1. The molecule has 7 nitrogen and oxygen atoms in total. The summed E-state index contributed by atoms with van der Waals surface area (Å²) >= 11 is 1.29. The molecule has 110 valence electrons. The van der Waals surface area contributed by atoms with Gasteiger partial charge in [-0.1, -0.05) is 11.3 Å². The fourth-order valence-corrected chi connectivity index (χ4v) is 2.96. The van der Waals surface area contributed by atoms with Crippen LogP contribution in [0.3, 0.4) is 0 Å². The van der Waals surface area contributed by atoms with Crippen LogP contribution in [0.5, 0.6) is 0 Å². The predicted octanol–water partition coefficient (Wildman–Crippen LogP) is 0.921. The molecule has 0 atom stereocenters. The second-order valence-electron chi connectivity index (χ2n) is 4.99. The van der Waals surface area contributed by atoms with Crippen molar-refractivity contribution in [1.82, 2.24) is 20.0 Å². The number of fused-ring (bicyclic) bond motifs is 1. The molecule has 2 aromatic heterocycles. The van der Waals surface area contributed by atoms with Crippen LogP contribution in [0.2, 0.25) is 0 Å². The van der Waals surface area contributed by atoms with E-state index in [1.807, 2.05) is 6.92 Å². The molecule has 0 saturated heterocycles. The Kier molecular flexibility index (Phi) is 3.78. The van der Waals surface area contributed by atoms with Crippen molar-refractivity contribution in [2.75, 3.05) is 5.32 Å². The zero-order valence-electron chi connectivity index (χ0n) is 11.6. The van der Waals surface area contributed by atoms with E-state index in [0.29, 0.717) is 5.13 Å². The topological polar surface area (TPSA) is 89.8 Å². The minimum Gasteiger partial charge on any atom is -0.299 e. The van der Waals surface area contributed by atoms with E-state index in [0.717, 1.165) is 41.9 Å². The van der Waals surface area contributed by atoms with Gasteiger partial charge in [0, 0.05) is 6.07 Å². The smallest absolute Gasteiger partial charge is 0.267 e. The lowest BCUT2D eigenvalue weighted by Gasteiger charge is -2.15. The van der Waals surface area contributed by atoms with Gasteiger partial charge in [0.1, 0.15) is 11.6 Å². The molecule has 2 aromatic rings. The lowest BCUT2D eigenvalue weighted by Crippen LogP contribution is -2.31. The number of nitrogens with zero attached hydrogens (tertiary/aromatic N) is 4. The van der Waals surface area contributed by atoms with Crippen LogP contribution in [0, 0.1) is 6.92 Å². The molecule has 0 bridgehead atoms. The van der Waals surface area contributed by atoms with Crippen LogP contribution < -0.4 is 10.9 Å². The first-order valence-electron chi connectivity index (χ1n) is 6.82. The third-order valence-corrected chi connectivity index (χ3v) is 4.09. The maximum atomic E-state index is 12.0. The van der Waals surface area contributed by atoms with Gasteiger partial charge in [0.05, 0.1) is 5.69 Å². The molecule has 1 aliphatic carbocycles. The Morgan fingerprint density at radius 1 is 1.38 bits per heavy atom. The number of aromatic nitrogens is 4. The molecule has 0 aromatic carbocycles. The highest BCUT2D eigenvalue weighted by Crippen LogP contribution is 2.17. The van der Waals surface area contributed by atoms with Crippen molar-refractivity contribution in [2.45, 2.75) is 39.2 Å². The summed E-state index contributed by atoms with van der Waals surface area (Å²) in [4.78, 5) is 23.9. The van der Waals surface area contributed by atoms with E-state index in [4.69, 9.17) is 0 Å². The molecule has 0 unspecified atom stereocenters. The standard InChI is InChI=1S/C13H15N5O2S/c1-8-15-16-13(21-8)14-11(19)7-18-12(20)6-9-4-2-3-5-10(9)17-18/h6H,2-5,7H2,1H3,(H,14,16,19). The first kappa shape index (κ1) is 13.9. The second kappa shape index (κ2) is 5.72. The Hall–Kier alpha value is -2.09. The van der Waals surface area contributed by atoms with Crippen molar-refractivity contribution < 1.29 is 4.79 Å². The van der Waals surface area contributed by atoms with E-state index < -0.39 is 0 Å². The number of hydrogen-bond acceptors (Lipinski definition) is 6. The molecule has 21 heavy (non-hydrogen) atoms. The normalized spacial score (nSPS) is 13.8. The van der Waals surface area contributed by atoms with Gasteiger partial charge in [-0.3, -0.25) is 14.9 Å². The van der Waals surface area contributed by atoms with E-state index in [2.05, 4.69) is 20.6 Å². The maximum absolute atomic E-state index is 12.0. The highest BCUT2D eigenvalue weighted by molar-refractivity contribution is 7.15. The third kappa shape index (κ3) is 3.15. The van der Waals surface area contributed by atoms with Crippen LogP contribution in [-0.4, -0.2) is 25.9 Å². The fraction of sp³-hybridized carbons (Fsp3) is 0.462. The van der Waals surface area contributed by atoms with Crippen molar-refractivity contribution in [3.63, 3.8) is 0 Å². The number of nitrogens with one attached hydrogen (secondary N) is 1. The molecule has 0 radical (unpaired) electrons. The van der Waals surface area contributed by atoms with Crippen LogP contribution in [0.25, 0.3) is 0 Å². The van der Waals surface area contributed by atoms with E-state index in [1.165, 1.54) is 16.0 Å². The van der Waals surface area contributed by atoms with Gasteiger partial charge in [-0.25, -0.2) is 4.68 Å². The summed E-state index contributed by atoms with van der Waals surface area (Å²) in [6.45, 7) is 1.70. The maximum Gasteiger partial charge on any atom is 0.267 e. The van der Waals surface area contributed by atoms with Crippen LogP contribution in [0.4, 0.5) is 5.13 Å². The zero-order valence-corrected chi connectivity index (χ0v) is 12.4. The number of rotatable bonds is 3. The van der Waals surface area contributed by atoms with E-state index in [9.17, 15) is 9.59 Å². The van der Waals surface area contributed by atoms with Gasteiger partial charge in [0.2, 0.25) is 11.0 Å². The average molecular weight is 305 g/mol. The molecule has 0 spiro atoms. The molecule has 0 aliphatic heterocycles. The van der Waals surface area contributed by atoms with Gasteiger partial charge in [-0.15, -0.1) is 10.2 Å². The highest BCUT2D eigenvalue weighted by Gasteiger charge is 2.15. The quantitative estimate of drug-likeness (QED) is 0.910. The fourth-order valence-electron chi connectivity index (χ4n) is 2.36. The van der Waals surface area contributed by atoms with E-state index in [-0.39, 0.29) is 18.0 Å². The summed E-state index contributed by atoms with van der Waals surface area (Å²) in [7, 11) is 0. The van der Waals surface area contributed by atoms with Crippen LogP contribution in [0.15, 0.2) is 10.9 Å². The van der Waals surface area contributed by atoms with Gasteiger partial charge < -0.3 is 0 Å². The number of carbonyl (C=O) groups is 1. The van der Waals surface area contributed by atoms with Crippen molar-refractivity contribution in [2.24, 2.45) is 0 Å². The lowest BCUT2D eigenvalue weighted by molar-refractivity contribution is -0.117. The molecule has 0 saturated carbocycles. The Labute approximate surface area is 125 Å². The summed E-state index contributed by atoms with van der Waals surface area (Å²) in [5.41, 5.74) is 1.71. The van der Waals surface area contributed by atoms with Gasteiger partial charge in [-0.2, -0.15) is 5.10 Å². The minimum atomic E-state index is -0.323. The third-order valence-electron chi connectivity index (χ3n) is 3.34. The first-order valence-corrected chi connectivity index (χ1v) is 7.63. The molecular weight excluding hydrogens is 290 g/mol. The molecule has 0 fully saturated rings. The van der Waals surface area contributed by atoms with Crippen molar-refractivity contribution in [3.8, 4) is 0 Å². The SMILES string of the molecule is Cc1nnc(NC(=O)Cn2nc3c(cc2=O)CCCC3)s1. The first-order chi connectivity index (χ1) is 10.1. The number of hydrogen-bond donors (Lipinski definition) is 1. The monoisotopic (exact) mass is 305 g/mol. The largest absolute Gasteiger partial charge is 0.299 e. The van der Waals surface area contributed by atoms with Crippen LogP contribution >= 0.6 is 11.3 Å². The summed E-state index contributed by atoms with van der Waals surface area (Å²) in [6, 6.07) is 1.60. The lowest BCUT2D eigenvalue weighted by atomic mass is 9.97. The summed E-state index contributed by atoms with van der Waals surface area (Å²) < 4.78 is 1.22. The molecular formula is C13H15N5O2S. The molecule has 3 rings (SSSR count).